The summed E-state index contributed by atoms with van der Waals surface area (Å²) in [4.78, 5) is 25.1. The first kappa shape index (κ1) is 20.8. The maximum atomic E-state index is 12.7. The Hall–Kier alpha value is -4.51. The van der Waals surface area contributed by atoms with Gasteiger partial charge in [-0.3, -0.25) is 9.59 Å². The van der Waals surface area contributed by atoms with Crippen molar-refractivity contribution in [2.24, 2.45) is 0 Å². The van der Waals surface area contributed by atoms with Gasteiger partial charge in [0.2, 0.25) is 6.79 Å². The summed E-state index contributed by atoms with van der Waals surface area (Å²) in [6.45, 7) is 0.168. The van der Waals surface area contributed by atoms with Crippen molar-refractivity contribution in [1.82, 2.24) is 5.32 Å². The molecule has 1 aliphatic heterocycles. The van der Waals surface area contributed by atoms with Gasteiger partial charge >= 0.3 is 0 Å². The molecule has 3 aromatic carbocycles. The summed E-state index contributed by atoms with van der Waals surface area (Å²) in [6, 6.07) is 20.8. The standard InChI is InChI=1S/C24H19N3O5/c25-12-17-5-1-4-8-20(17)30-14-23(28)27-19-7-3-2-6-18(19)24(29)26-13-16-9-10-21-22(11-16)32-15-31-21/h1-11H,13-15H2,(H,26,29)(H,27,28). The SMILES string of the molecule is N#Cc1ccccc1OCC(=O)Nc1ccccc1C(=O)NCc1ccc2c(c1)OCO2. The molecular weight excluding hydrogens is 410 g/mol. The van der Waals surface area contributed by atoms with Crippen LogP contribution in [-0.2, 0) is 11.3 Å². The predicted molar refractivity (Wildman–Crippen MR) is 115 cm³/mol. The van der Waals surface area contributed by atoms with E-state index in [2.05, 4.69) is 10.6 Å². The lowest BCUT2D eigenvalue weighted by Crippen LogP contribution is -2.26. The van der Waals surface area contributed by atoms with Gasteiger partial charge in [0.05, 0.1) is 16.8 Å². The Labute approximate surface area is 184 Å². The molecule has 1 aliphatic rings. The molecule has 0 spiro atoms. The van der Waals surface area contributed by atoms with Crippen molar-refractivity contribution in [2.45, 2.75) is 6.54 Å². The van der Waals surface area contributed by atoms with E-state index >= 15 is 0 Å². The normalized spacial score (nSPS) is 11.3. The molecule has 0 bridgehead atoms. The summed E-state index contributed by atoms with van der Waals surface area (Å²) in [7, 11) is 0. The van der Waals surface area contributed by atoms with E-state index in [9.17, 15) is 9.59 Å². The molecule has 1 heterocycles. The lowest BCUT2D eigenvalue weighted by atomic mass is 10.1. The zero-order chi connectivity index (χ0) is 22.3. The highest BCUT2D eigenvalue weighted by molar-refractivity contribution is 6.04. The number of hydrogen-bond acceptors (Lipinski definition) is 6. The Morgan fingerprint density at radius 1 is 1.00 bits per heavy atom. The second kappa shape index (κ2) is 9.53. The average molecular weight is 429 g/mol. The second-order valence-electron chi connectivity index (χ2n) is 6.86. The Balaban J connectivity index is 1.37. The van der Waals surface area contributed by atoms with Crippen molar-refractivity contribution in [2.75, 3.05) is 18.7 Å². The number of nitriles is 1. The Bertz CT molecular complexity index is 1200. The van der Waals surface area contributed by atoms with E-state index in [0.29, 0.717) is 34.1 Å². The van der Waals surface area contributed by atoms with E-state index in [4.69, 9.17) is 19.5 Å². The summed E-state index contributed by atoms with van der Waals surface area (Å²) in [6.07, 6.45) is 0. The number of nitrogens with zero attached hydrogens (tertiary/aromatic N) is 1. The van der Waals surface area contributed by atoms with Crippen LogP contribution in [0.25, 0.3) is 0 Å². The van der Waals surface area contributed by atoms with Crippen LogP contribution in [0.2, 0.25) is 0 Å². The molecule has 0 atom stereocenters. The van der Waals surface area contributed by atoms with Crippen molar-refractivity contribution >= 4 is 17.5 Å². The predicted octanol–water partition coefficient (Wildman–Crippen LogP) is 3.23. The summed E-state index contributed by atoms with van der Waals surface area (Å²) in [5.41, 5.74) is 1.87. The number of amides is 2. The highest BCUT2D eigenvalue weighted by Crippen LogP contribution is 2.32. The van der Waals surface area contributed by atoms with E-state index in [1.54, 1.807) is 54.6 Å². The van der Waals surface area contributed by atoms with Crippen molar-refractivity contribution in [3.05, 3.63) is 83.4 Å². The number of fused-ring (bicyclic) bond motifs is 1. The number of anilines is 1. The van der Waals surface area contributed by atoms with Crippen molar-refractivity contribution < 1.29 is 23.8 Å². The van der Waals surface area contributed by atoms with E-state index < -0.39 is 5.91 Å². The third kappa shape index (κ3) is 4.79. The van der Waals surface area contributed by atoms with E-state index in [0.717, 1.165) is 5.56 Å². The molecule has 32 heavy (non-hydrogen) atoms. The van der Waals surface area contributed by atoms with E-state index in [-0.39, 0.29) is 25.9 Å². The molecule has 3 aromatic rings. The molecule has 0 aliphatic carbocycles. The van der Waals surface area contributed by atoms with Gasteiger partial charge in [0.25, 0.3) is 11.8 Å². The number of para-hydroxylation sites is 2. The largest absolute Gasteiger partial charge is 0.482 e. The maximum absolute atomic E-state index is 12.7. The Kier molecular flexibility index (Phi) is 6.18. The van der Waals surface area contributed by atoms with E-state index in [1.807, 2.05) is 18.2 Å². The number of hydrogen-bond donors (Lipinski definition) is 2. The van der Waals surface area contributed by atoms with Crippen LogP contribution in [0, 0.1) is 11.3 Å². The first-order valence-electron chi connectivity index (χ1n) is 9.81. The molecule has 2 amide bonds. The van der Waals surface area contributed by atoms with Crippen molar-refractivity contribution in [3.8, 4) is 23.3 Å². The van der Waals surface area contributed by atoms with Gasteiger partial charge in [-0.15, -0.1) is 0 Å². The number of ether oxygens (including phenoxy) is 3. The summed E-state index contributed by atoms with van der Waals surface area (Å²) in [5.74, 6) is 0.845. The monoisotopic (exact) mass is 429 g/mol. The highest BCUT2D eigenvalue weighted by Gasteiger charge is 2.16. The summed E-state index contributed by atoms with van der Waals surface area (Å²) in [5, 5.41) is 14.6. The molecular formula is C24H19N3O5. The molecule has 0 fully saturated rings. The molecule has 0 saturated heterocycles. The Morgan fingerprint density at radius 3 is 2.66 bits per heavy atom. The molecule has 0 radical (unpaired) electrons. The third-order valence-electron chi connectivity index (χ3n) is 4.70. The number of nitrogens with one attached hydrogen (secondary N) is 2. The molecule has 8 nitrogen and oxygen atoms in total. The van der Waals surface area contributed by atoms with Gasteiger partial charge in [-0.2, -0.15) is 5.26 Å². The van der Waals surface area contributed by atoms with Gasteiger partial charge < -0.3 is 24.8 Å². The zero-order valence-corrected chi connectivity index (χ0v) is 17.0. The average Bonchev–Trinajstić information content (AvgIpc) is 3.29. The van der Waals surface area contributed by atoms with E-state index in [1.165, 1.54) is 0 Å². The van der Waals surface area contributed by atoms with Crippen LogP contribution in [0.15, 0.2) is 66.7 Å². The molecule has 8 heteroatoms. The van der Waals surface area contributed by atoms with Gasteiger partial charge in [-0.25, -0.2) is 0 Å². The minimum atomic E-state index is -0.450. The maximum Gasteiger partial charge on any atom is 0.262 e. The number of carbonyl (C=O) groups is 2. The van der Waals surface area contributed by atoms with Crippen LogP contribution < -0.4 is 24.8 Å². The fourth-order valence-electron chi connectivity index (χ4n) is 3.13. The topological polar surface area (TPSA) is 110 Å². The fourth-order valence-corrected chi connectivity index (χ4v) is 3.13. The lowest BCUT2D eigenvalue weighted by Gasteiger charge is -2.12. The summed E-state index contributed by atoms with van der Waals surface area (Å²) < 4.78 is 16.1. The quantitative estimate of drug-likeness (QED) is 0.597. The van der Waals surface area contributed by atoms with Crippen LogP contribution in [-0.4, -0.2) is 25.2 Å². The first-order valence-corrected chi connectivity index (χ1v) is 9.81. The van der Waals surface area contributed by atoms with Crippen LogP contribution in [0.1, 0.15) is 21.5 Å². The van der Waals surface area contributed by atoms with Gasteiger partial charge in [-0.05, 0) is 42.0 Å². The van der Waals surface area contributed by atoms with Crippen LogP contribution in [0.4, 0.5) is 5.69 Å². The summed E-state index contributed by atoms with van der Waals surface area (Å²) >= 11 is 0. The Morgan fingerprint density at radius 2 is 1.78 bits per heavy atom. The molecule has 4 rings (SSSR count). The number of rotatable bonds is 7. The minimum Gasteiger partial charge on any atom is -0.482 e. The first-order chi connectivity index (χ1) is 15.6. The van der Waals surface area contributed by atoms with Gasteiger partial charge in [0, 0.05) is 6.54 Å². The van der Waals surface area contributed by atoms with Crippen LogP contribution >= 0.6 is 0 Å². The molecule has 0 saturated carbocycles. The van der Waals surface area contributed by atoms with Gasteiger partial charge in [-0.1, -0.05) is 30.3 Å². The van der Waals surface area contributed by atoms with Gasteiger partial charge in [0.15, 0.2) is 18.1 Å². The van der Waals surface area contributed by atoms with Crippen molar-refractivity contribution in [1.29, 1.82) is 5.26 Å². The zero-order valence-electron chi connectivity index (χ0n) is 17.0. The second-order valence-corrected chi connectivity index (χ2v) is 6.86. The molecule has 2 N–H and O–H groups in total. The van der Waals surface area contributed by atoms with Crippen LogP contribution in [0.3, 0.4) is 0 Å². The number of benzene rings is 3. The molecule has 0 aromatic heterocycles. The van der Waals surface area contributed by atoms with Crippen molar-refractivity contribution in [3.63, 3.8) is 0 Å². The minimum absolute atomic E-state index is 0.185. The lowest BCUT2D eigenvalue weighted by molar-refractivity contribution is -0.118. The molecule has 0 unspecified atom stereocenters. The van der Waals surface area contributed by atoms with Gasteiger partial charge in [0.1, 0.15) is 11.8 Å². The fraction of sp³-hybridized carbons (Fsp3) is 0.125. The van der Waals surface area contributed by atoms with Crippen LogP contribution in [0.5, 0.6) is 17.2 Å². The molecule has 160 valence electrons. The number of carbonyl (C=O) groups excluding carboxylic acids is 2. The smallest absolute Gasteiger partial charge is 0.262 e. The highest BCUT2D eigenvalue weighted by atomic mass is 16.7. The third-order valence-corrected chi connectivity index (χ3v) is 4.70.